The number of rotatable bonds is 2. The smallest absolute Gasteiger partial charge is 0.254 e. The van der Waals surface area contributed by atoms with Gasteiger partial charge < -0.3 is 0 Å². The maximum atomic E-state index is 10.7. The molecule has 1 aromatic rings. The number of hydrogen-bond acceptors (Lipinski definition) is 2. The van der Waals surface area contributed by atoms with E-state index in [1.54, 1.807) is 6.66 Å². The number of para-hydroxylation sites is 1. The molecule has 1 atom stereocenters. The summed E-state index contributed by atoms with van der Waals surface area (Å²) in [5.41, 5.74) is 1.01. The zero-order valence-corrected chi connectivity index (χ0v) is 7.47. The van der Waals surface area contributed by atoms with Crippen molar-refractivity contribution in [1.82, 2.24) is 0 Å². The molecule has 0 saturated carbocycles. The molecule has 0 heterocycles. The predicted molar refractivity (Wildman–Crippen MR) is 45.3 cm³/mol. The minimum absolute atomic E-state index is 0.705. The summed E-state index contributed by atoms with van der Waals surface area (Å²) in [4.78, 5) is 0. The first kappa shape index (κ1) is 8.22. The molecule has 0 fully saturated rings. The monoisotopic (exact) mass is 169 g/mol. The topological polar surface area (TPSA) is 26.3 Å². The van der Waals surface area contributed by atoms with E-state index in [1.165, 1.54) is 0 Å². The Hall–Kier alpha value is -0.880. The van der Waals surface area contributed by atoms with E-state index in [2.05, 4.69) is 0 Å². The second-order valence-corrected chi connectivity index (χ2v) is 3.36. The van der Waals surface area contributed by atoms with Gasteiger partial charge in [-0.25, -0.2) is 0 Å². The quantitative estimate of drug-likeness (QED) is 0.636. The summed E-state index contributed by atoms with van der Waals surface area (Å²) in [6.07, 6.45) is 0. The average molecular weight is 169 g/mol. The van der Waals surface area contributed by atoms with Crippen LogP contribution in [0.4, 0.5) is 0 Å². The molecule has 11 heavy (non-hydrogen) atoms. The molecule has 58 valence electrons. The molecule has 1 unspecified atom stereocenters. The van der Waals surface area contributed by atoms with E-state index in [-0.39, 0.29) is 0 Å². The van der Waals surface area contributed by atoms with Gasteiger partial charge in [0.2, 0.25) is 0 Å². The van der Waals surface area contributed by atoms with Crippen molar-refractivity contribution in [3.63, 3.8) is 0 Å². The van der Waals surface area contributed by atoms with Gasteiger partial charge in [-0.15, -0.1) is 0 Å². The van der Waals surface area contributed by atoms with E-state index < -0.39 is 8.03 Å². The van der Waals surface area contributed by atoms with Crippen LogP contribution in [0.3, 0.4) is 0 Å². The summed E-state index contributed by atoms with van der Waals surface area (Å²) in [5, 5.41) is 0. The maximum Gasteiger partial charge on any atom is 0.552 e. The van der Waals surface area contributed by atoms with Gasteiger partial charge in [0.05, 0.1) is 0 Å². The van der Waals surface area contributed by atoms with Gasteiger partial charge in [-0.1, -0.05) is 18.2 Å². The zero-order valence-electron chi connectivity index (χ0n) is 6.57. The molecule has 2 nitrogen and oxygen atoms in total. The number of aryl methyl sites for hydroxylation is 1. The molecule has 0 amide bonds. The van der Waals surface area contributed by atoms with Crippen molar-refractivity contribution in [3.05, 3.63) is 29.8 Å². The van der Waals surface area contributed by atoms with Gasteiger partial charge in [0.1, 0.15) is 0 Å². The normalized spacial score (nSPS) is 10.9. The van der Waals surface area contributed by atoms with Gasteiger partial charge in [-0.3, -0.25) is 4.52 Å². The van der Waals surface area contributed by atoms with Gasteiger partial charge in [-0.2, -0.15) is 0 Å². The predicted octanol–water partition coefficient (Wildman–Crippen LogP) is 2.75. The Morgan fingerprint density at radius 3 is 2.55 bits per heavy atom. The Bertz CT molecular complexity index is 271. The van der Waals surface area contributed by atoms with Crippen molar-refractivity contribution in [2.75, 3.05) is 6.66 Å². The third kappa shape index (κ3) is 2.32. The molecular formula is C8H10O2P+. The fourth-order valence-corrected chi connectivity index (χ4v) is 1.28. The van der Waals surface area contributed by atoms with Crippen LogP contribution in [0.5, 0.6) is 5.75 Å². The molecular weight excluding hydrogens is 159 g/mol. The molecule has 0 spiro atoms. The second-order valence-electron chi connectivity index (χ2n) is 2.30. The Morgan fingerprint density at radius 2 is 2.00 bits per heavy atom. The number of hydrogen-bond donors (Lipinski definition) is 0. The Morgan fingerprint density at radius 1 is 1.36 bits per heavy atom. The van der Waals surface area contributed by atoms with E-state index in [4.69, 9.17) is 4.52 Å². The first-order chi connectivity index (χ1) is 5.20. The van der Waals surface area contributed by atoms with Crippen LogP contribution in [0.2, 0.25) is 0 Å². The van der Waals surface area contributed by atoms with Crippen LogP contribution >= 0.6 is 8.03 Å². The molecule has 0 N–H and O–H groups in total. The van der Waals surface area contributed by atoms with Crippen LogP contribution in [0.1, 0.15) is 5.56 Å². The molecule has 0 aromatic heterocycles. The SMILES string of the molecule is Cc1ccccc1O[P+](C)=O. The Balaban J connectivity index is 2.86. The molecule has 1 aromatic carbocycles. The van der Waals surface area contributed by atoms with Crippen LogP contribution in [-0.4, -0.2) is 6.66 Å². The zero-order chi connectivity index (χ0) is 8.27. The van der Waals surface area contributed by atoms with E-state index in [1.807, 2.05) is 31.2 Å². The number of benzene rings is 1. The third-order valence-corrected chi connectivity index (χ3v) is 1.77. The summed E-state index contributed by atoms with van der Waals surface area (Å²) in [5.74, 6) is 0.705. The largest absolute Gasteiger partial charge is 0.552 e. The first-order valence-electron chi connectivity index (χ1n) is 3.34. The highest BCUT2D eigenvalue weighted by molar-refractivity contribution is 7.38. The summed E-state index contributed by atoms with van der Waals surface area (Å²) in [6, 6.07) is 7.52. The summed E-state index contributed by atoms with van der Waals surface area (Å²) < 4.78 is 15.7. The van der Waals surface area contributed by atoms with E-state index in [9.17, 15) is 4.57 Å². The molecule has 0 radical (unpaired) electrons. The fraction of sp³-hybridized carbons (Fsp3) is 0.250. The Kier molecular flexibility index (Phi) is 2.61. The average Bonchev–Trinajstić information content (AvgIpc) is 1.93. The molecule has 0 saturated heterocycles. The van der Waals surface area contributed by atoms with Crippen molar-refractivity contribution in [3.8, 4) is 5.75 Å². The fourth-order valence-electron chi connectivity index (χ4n) is 0.797. The summed E-state index contributed by atoms with van der Waals surface area (Å²) in [7, 11) is -1.54. The van der Waals surface area contributed by atoms with Crippen molar-refractivity contribution < 1.29 is 9.09 Å². The lowest BCUT2D eigenvalue weighted by atomic mass is 10.2. The minimum Gasteiger partial charge on any atom is -0.254 e. The van der Waals surface area contributed by atoms with E-state index in [0.717, 1.165) is 5.56 Å². The van der Waals surface area contributed by atoms with Crippen molar-refractivity contribution >= 4 is 8.03 Å². The van der Waals surface area contributed by atoms with Gasteiger partial charge >= 0.3 is 8.03 Å². The van der Waals surface area contributed by atoms with Crippen LogP contribution < -0.4 is 4.52 Å². The molecule has 3 heteroatoms. The molecule has 1 rings (SSSR count). The van der Waals surface area contributed by atoms with Gasteiger partial charge in [0.25, 0.3) is 0 Å². The van der Waals surface area contributed by atoms with Crippen LogP contribution in [-0.2, 0) is 4.57 Å². The highest BCUT2D eigenvalue weighted by Gasteiger charge is 2.10. The van der Waals surface area contributed by atoms with Crippen LogP contribution in [0, 0.1) is 6.92 Å². The van der Waals surface area contributed by atoms with Gasteiger partial charge in [-0.05, 0) is 23.1 Å². The van der Waals surface area contributed by atoms with E-state index in [0.29, 0.717) is 5.75 Å². The molecule has 0 aliphatic carbocycles. The van der Waals surface area contributed by atoms with Crippen LogP contribution in [0.15, 0.2) is 24.3 Å². The highest BCUT2D eigenvalue weighted by atomic mass is 31.1. The lowest BCUT2D eigenvalue weighted by Gasteiger charge is -1.95. The third-order valence-electron chi connectivity index (χ3n) is 1.32. The lowest BCUT2D eigenvalue weighted by molar-refractivity contribution is 0.509. The molecule has 0 aliphatic heterocycles. The first-order valence-corrected chi connectivity index (χ1v) is 4.97. The standard InChI is InChI=1S/C8H10O2P/c1-7-5-3-4-6-8(7)10-11(2)9/h3-6H,1-2H3/q+1. The van der Waals surface area contributed by atoms with Gasteiger partial charge in [0.15, 0.2) is 12.4 Å². The molecule has 0 aliphatic rings. The lowest BCUT2D eigenvalue weighted by Crippen LogP contribution is -1.82. The maximum absolute atomic E-state index is 10.7. The van der Waals surface area contributed by atoms with Gasteiger partial charge in [0, 0.05) is 0 Å². The summed E-state index contributed by atoms with van der Waals surface area (Å²) in [6.45, 7) is 3.47. The minimum atomic E-state index is -1.54. The van der Waals surface area contributed by atoms with Crippen molar-refractivity contribution in [2.24, 2.45) is 0 Å². The second kappa shape index (κ2) is 3.49. The van der Waals surface area contributed by atoms with Crippen LogP contribution in [0.25, 0.3) is 0 Å². The van der Waals surface area contributed by atoms with Crippen molar-refractivity contribution in [1.29, 1.82) is 0 Å². The summed E-state index contributed by atoms with van der Waals surface area (Å²) >= 11 is 0. The highest BCUT2D eigenvalue weighted by Crippen LogP contribution is 2.25. The van der Waals surface area contributed by atoms with E-state index >= 15 is 0 Å². The Labute approximate surface area is 67.1 Å². The van der Waals surface area contributed by atoms with Crippen molar-refractivity contribution in [2.45, 2.75) is 6.92 Å². The molecule has 0 bridgehead atoms.